The first-order valence-corrected chi connectivity index (χ1v) is 11.7. The van der Waals surface area contributed by atoms with Crippen molar-refractivity contribution < 1.29 is 9.32 Å². The quantitative estimate of drug-likeness (QED) is 0.563. The molecule has 7 heteroatoms. The molecule has 176 valence electrons. The highest BCUT2D eigenvalue weighted by Crippen LogP contribution is 2.26. The summed E-state index contributed by atoms with van der Waals surface area (Å²) in [5, 5.41) is 16.0. The van der Waals surface area contributed by atoms with Gasteiger partial charge in [0.25, 0.3) is 0 Å². The van der Waals surface area contributed by atoms with Gasteiger partial charge in [-0.1, -0.05) is 62.3 Å². The second-order valence-corrected chi connectivity index (χ2v) is 9.93. The summed E-state index contributed by atoms with van der Waals surface area (Å²) < 4.78 is 5.52. The highest BCUT2D eigenvalue weighted by molar-refractivity contribution is 5.92. The minimum Gasteiger partial charge on any atom is -0.338 e. The van der Waals surface area contributed by atoms with E-state index in [4.69, 9.17) is 9.78 Å². The van der Waals surface area contributed by atoms with Crippen molar-refractivity contribution in [3.05, 3.63) is 65.5 Å². The molecular formula is C27H31N5O2. The number of hydrogen-bond acceptors (Lipinski definition) is 6. The van der Waals surface area contributed by atoms with Crippen molar-refractivity contribution in [1.29, 1.82) is 5.26 Å². The third kappa shape index (κ3) is 5.89. The number of carbonyl (C=O) groups is 1. The van der Waals surface area contributed by atoms with Crippen LogP contribution < -0.4 is 5.32 Å². The van der Waals surface area contributed by atoms with Gasteiger partial charge in [-0.05, 0) is 48.1 Å². The molecular weight excluding hydrogens is 426 g/mol. The molecule has 1 aliphatic heterocycles. The number of amides is 1. The average Bonchev–Trinajstić information content (AvgIpc) is 3.29. The molecule has 2 aromatic carbocycles. The Morgan fingerprint density at radius 3 is 2.59 bits per heavy atom. The van der Waals surface area contributed by atoms with Gasteiger partial charge in [-0.3, -0.25) is 9.69 Å². The van der Waals surface area contributed by atoms with E-state index in [0.29, 0.717) is 31.2 Å². The molecule has 1 aliphatic rings. The lowest BCUT2D eigenvalue weighted by molar-refractivity contribution is -0.121. The van der Waals surface area contributed by atoms with Gasteiger partial charge in [-0.15, -0.1) is 0 Å². The van der Waals surface area contributed by atoms with Gasteiger partial charge >= 0.3 is 0 Å². The molecule has 1 unspecified atom stereocenters. The molecule has 1 amide bonds. The Balaban J connectivity index is 1.34. The lowest BCUT2D eigenvalue weighted by atomic mass is 9.87. The molecule has 1 aromatic heterocycles. The summed E-state index contributed by atoms with van der Waals surface area (Å²) in [6.45, 7) is 8.63. The van der Waals surface area contributed by atoms with Crippen LogP contribution in [0, 0.1) is 17.2 Å². The molecule has 0 bridgehead atoms. The predicted octanol–water partition coefficient (Wildman–Crippen LogP) is 4.95. The third-order valence-corrected chi connectivity index (χ3v) is 6.22. The normalized spacial score (nSPS) is 16.7. The summed E-state index contributed by atoms with van der Waals surface area (Å²) in [6, 6.07) is 17.8. The van der Waals surface area contributed by atoms with Crippen molar-refractivity contribution in [3.63, 3.8) is 0 Å². The first-order valence-electron chi connectivity index (χ1n) is 11.7. The molecule has 0 spiro atoms. The zero-order chi connectivity index (χ0) is 24.1. The van der Waals surface area contributed by atoms with E-state index in [9.17, 15) is 4.79 Å². The van der Waals surface area contributed by atoms with E-state index >= 15 is 0 Å². The number of anilines is 1. The Hall–Kier alpha value is -3.50. The van der Waals surface area contributed by atoms with E-state index in [2.05, 4.69) is 59.3 Å². The number of likely N-dealkylation sites (tertiary alicyclic amines) is 1. The van der Waals surface area contributed by atoms with Gasteiger partial charge in [0.05, 0.1) is 25.0 Å². The number of benzene rings is 2. The molecule has 1 saturated heterocycles. The fourth-order valence-electron chi connectivity index (χ4n) is 4.20. The number of piperidine rings is 1. The maximum atomic E-state index is 12.8. The first kappa shape index (κ1) is 23.7. The molecule has 3 aromatic rings. The first-order chi connectivity index (χ1) is 16.3. The van der Waals surface area contributed by atoms with Gasteiger partial charge in [-0.25, -0.2) is 0 Å². The summed E-state index contributed by atoms with van der Waals surface area (Å²) in [6.07, 6.45) is 2.16. The number of nitriles is 1. The van der Waals surface area contributed by atoms with E-state index in [1.54, 1.807) is 0 Å². The minimum atomic E-state index is -0.0973. The Kier molecular flexibility index (Phi) is 7.09. The number of carbonyl (C=O) groups excluding carboxylic acids is 1. The van der Waals surface area contributed by atoms with Crippen LogP contribution in [-0.4, -0.2) is 34.0 Å². The third-order valence-electron chi connectivity index (χ3n) is 6.22. The van der Waals surface area contributed by atoms with Crippen LogP contribution in [-0.2, 0) is 23.2 Å². The molecule has 34 heavy (non-hydrogen) atoms. The van der Waals surface area contributed by atoms with Crippen molar-refractivity contribution in [2.75, 3.05) is 18.4 Å². The molecule has 2 heterocycles. The molecule has 0 radical (unpaired) electrons. The summed E-state index contributed by atoms with van der Waals surface area (Å²) in [7, 11) is 0. The monoisotopic (exact) mass is 457 g/mol. The molecule has 4 rings (SSSR count). The SMILES string of the molecule is CC(C)(C)c1ccc(-c2noc(CN3CCCC(C(=O)Nc4ccc(CC#N)cc4)C3)n2)cc1. The Morgan fingerprint density at radius 2 is 1.91 bits per heavy atom. The summed E-state index contributed by atoms with van der Waals surface area (Å²) in [5.41, 5.74) is 3.98. The summed E-state index contributed by atoms with van der Waals surface area (Å²) in [5.74, 6) is 1.06. The topological polar surface area (TPSA) is 95.0 Å². The summed E-state index contributed by atoms with van der Waals surface area (Å²) >= 11 is 0. The number of aromatic nitrogens is 2. The van der Waals surface area contributed by atoms with E-state index in [-0.39, 0.29) is 17.2 Å². The van der Waals surface area contributed by atoms with Gasteiger partial charge in [0, 0.05) is 17.8 Å². The maximum Gasteiger partial charge on any atom is 0.241 e. The standard InChI is InChI=1S/C27H31N5O2/c1-27(2,3)22-10-8-20(9-11-22)25-30-24(34-31-25)18-32-16-4-5-21(17-32)26(33)29-23-12-6-19(7-13-23)14-15-28/h6-13,21H,4-5,14,16-18H2,1-3H3,(H,29,33). The van der Waals surface area contributed by atoms with Gasteiger partial charge < -0.3 is 9.84 Å². The largest absolute Gasteiger partial charge is 0.338 e. The second-order valence-electron chi connectivity index (χ2n) is 9.93. The van der Waals surface area contributed by atoms with Crippen LogP contribution >= 0.6 is 0 Å². The number of nitrogens with zero attached hydrogens (tertiary/aromatic N) is 4. The molecule has 7 nitrogen and oxygen atoms in total. The summed E-state index contributed by atoms with van der Waals surface area (Å²) in [4.78, 5) is 19.6. The molecule has 0 aliphatic carbocycles. The van der Waals surface area contributed by atoms with Crippen molar-refractivity contribution in [2.24, 2.45) is 5.92 Å². The number of nitrogens with one attached hydrogen (secondary N) is 1. The van der Waals surface area contributed by atoms with Gasteiger partial charge in [0.1, 0.15) is 0 Å². The number of rotatable bonds is 6. The number of hydrogen-bond donors (Lipinski definition) is 1. The zero-order valence-corrected chi connectivity index (χ0v) is 20.0. The smallest absolute Gasteiger partial charge is 0.241 e. The van der Waals surface area contributed by atoms with Crippen LogP contribution in [0.15, 0.2) is 53.1 Å². The van der Waals surface area contributed by atoms with Crippen molar-refractivity contribution in [2.45, 2.75) is 52.0 Å². The molecule has 1 fully saturated rings. The minimum absolute atomic E-state index is 0.0166. The Labute approximate surface area is 200 Å². The van der Waals surface area contributed by atoms with Crippen LogP contribution in [0.5, 0.6) is 0 Å². The van der Waals surface area contributed by atoms with Crippen LogP contribution in [0.1, 0.15) is 50.6 Å². The van der Waals surface area contributed by atoms with Crippen LogP contribution in [0.3, 0.4) is 0 Å². The molecule has 1 atom stereocenters. The average molecular weight is 458 g/mol. The van der Waals surface area contributed by atoms with E-state index in [1.165, 1.54) is 5.56 Å². The van der Waals surface area contributed by atoms with Crippen LogP contribution in [0.2, 0.25) is 0 Å². The lowest BCUT2D eigenvalue weighted by Crippen LogP contribution is -2.40. The van der Waals surface area contributed by atoms with Gasteiger partial charge in [0.15, 0.2) is 0 Å². The fourth-order valence-corrected chi connectivity index (χ4v) is 4.20. The van der Waals surface area contributed by atoms with E-state index < -0.39 is 0 Å². The van der Waals surface area contributed by atoms with Crippen molar-refractivity contribution >= 4 is 11.6 Å². The molecule has 0 saturated carbocycles. The van der Waals surface area contributed by atoms with E-state index in [0.717, 1.165) is 36.2 Å². The predicted molar refractivity (Wildman–Crippen MR) is 131 cm³/mol. The van der Waals surface area contributed by atoms with Crippen molar-refractivity contribution in [1.82, 2.24) is 15.0 Å². The Morgan fingerprint density at radius 1 is 1.18 bits per heavy atom. The second kappa shape index (κ2) is 10.2. The molecule has 1 N–H and O–H groups in total. The lowest BCUT2D eigenvalue weighted by Gasteiger charge is -2.30. The van der Waals surface area contributed by atoms with E-state index in [1.807, 2.05) is 36.4 Å². The van der Waals surface area contributed by atoms with Crippen LogP contribution in [0.4, 0.5) is 5.69 Å². The van der Waals surface area contributed by atoms with Crippen molar-refractivity contribution in [3.8, 4) is 17.5 Å². The van der Waals surface area contributed by atoms with Gasteiger partial charge in [-0.2, -0.15) is 10.2 Å². The van der Waals surface area contributed by atoms with Crippen LogP contribution in [0.25, 0.3) is 11.4 Å². The Bertz CT molecular complexity index is 1150. The fraction of sp³-hybridized carbons (Fsp3) is 0.407. The van der Waals surface area contributed by atoms with Gasteiger partial charge in [0.2, 0.25) is 17.6 Å². The highest BCUT2D eigenvalue weighted by Gasteiger charge is 2.27. The zero-order valence-electron chi connectivity index (χ0n) is 20.0. The highest BCUT2D eigenvalue weighted by atomic mass is 16.5. The maximum absolute atomic E-state index is 12.8.